The Morgan fingerprint density at radius 2 is 2.00 bits per heavy atom. The zero-order chi connectivity index (χ0) is 14.7. The molecule has 3 heteroatoms. The van der Waals surface area contributed by atoms with Gasteiger partial charge in [0.25, 0.3) is 0 Å². The van der Waals surface area contributed by atoms with E-state index in [2.05, 4.69) is 48.3 Å². The molecule has 1 aliphatic carbocycles. The van der Waals surface area contributed by atoms with E-state index in [1.54, 1.807) is 6.26 Å². The van der Waals surface area contributed by atoms with Crippen molar-refractivity contribution in [1.82, 2.24) is 4.90 Å². The van der Waals surface area contributed by atoms with Crippen molar-refractivity contribution in [2.75, 3.05) is 13.6 Å². The molecule has 1 heterocycles. The van der Waals surface area contributed by atoms with Crippen molar-refractivity contribution in [3.05, 3.63) is 60.1 Å². The molecule has 3 atom stereocenters. The van der Waals surface area contributed by atoms with E-state index >= 15 is 0 Å². The molecule has 3 unspecified atom stereocenters. The Morgan fingerprint density at radius 1 is 1.19 bits per heavy atom. The van der Waals surface area contributed by atoms with Gasteiger partial charge in [-0.15, -0.1) is 0 Å². The molecule has 2 N–H and O–H groups in total. The van der Waals surface area contributed by atoms with Gasteiger partial charge >= 0.3 is 0 Å². The Morgan fingerprint density at radius 3 is 2.67 bits per heavy atom. The maximum Gasteiger partial charge on any atom is 0.125 e. The second kappa shape index (κ2) is 6.46. The zero-order valence-electron chi connectivity index (χ0n) is 12.6. The molecule has 1 aliphatic rings. The van der Waals surface area contributed by atoms with Crippen LogP contribution < -0.4 is 5.73 Å². The average molecular weight is 284 g/mol. The lowest BCUT2D eigenvalue weighted by atomic mass is 9.97. The molecule has 1 fully saturated rings. The monoisotopic (exact) mass is 284 g/mol. The van der Waals surface area contributed by atoms with Gasteiger partial charge in [0.15, 0.2) is 0 Å². The molecular formula is C18H24N2O. The van der Waals surface area contributed by atoms with Crippen LogP contribution in [0.3, 0.4) is 0 Å². The largest absolute Gasteiger partial charge is 0.467 e. The molecule has 0 aliphatic heterocycles. The van der Waals surface area contributed by atoms with Crippen molar-refractivity contribution in [2.24, 2.45) is 11.7 Å². The molecule has 21 heavy (non-hydrogen) atoms. The molecule has 1 saturated carbocycles. The van der Waals surface area contributed by atoms with Crippen LogP contribution >= 0.6 is 0 Å². The Bertz CT molecular complexity index is 538. The Kier molecular flexibility index (Phi) is 4.42. The van der Waals surface area contributed by atoms with Gasteiger partial charge in [0.05, 0.1) is 12.3 Å². The third-order valence-electron chi connectivity index (χ3n) is 4.78. The van der Waals surface area contributed by atoms with E-state index in [0.717, 1.165) is 12.3 Å². The summed E-state index contributed by atoms with van der Waals surface area (Å²) in [5.41, 5.74) is 7.24. The quantitative estimate of drug-likeness (QED) is 0.914. The number of rotatable bonds is 5. The molecule has 1 aromatic heterocycles. The summed E-state index contributed by atoms with van der Waals surface area (Å²) < 4.78 is 5.73. The van der Waals surface area contributed by atoms with Crippen molar-refractivity contribution < 1.29 is 4.42 Å². The Hall–Kier alpha value is -1.58. The first-order valence-corrected chi connectivity index (χ1v) is 7.81. The van der Waals surface area contributed by atoms with Crippen molar-refractivity contribution in [1.29, 1.82) is 0 Å². The minimum atomic E-state index is 0.165. The van der Waals surface area contributed by atoms with E-state index in [9.17, 15) is 0 Å². The van der Waals surface area contributed by atoms with Gasteiger partial charge in [-0.2, -0.15) is 0 Å². The standard InChI is InChI=1S/C18H24N2O/c1-20(16-10-5-9-15(16)13-19)18(17-11-6-12-21-17)14-7-3-2-4-8-14/h2-4,6-8,11-12,15-16,18H,5,9-10,13,19H2,1H3. The second-order valence-electron chi connectivity index (χ2n) is 5.99. The van der Waals surface area contributed by atoms with Gasteiger partial charge in [-0.25, -0.2) is 0 Å². The number of benzene rings is 1. The number of hydrogen-bond acceptors (Lipinski definition) is 3. The van der Waals surface area contributed by atoms with E-state index in [1.165, 1.54) is 24.8 Å². The predicted octanol–water partition coefficient (Wildman–Crippen LogP) is 3.43. The van der Waals surface area contributed by atoms with E-state index in [4.69, 9.17) is 10.2 Å². The van der Waals surface area contributed by atoms with E-state index < -0.39 is 0 Å². The summed E-state index contributed by atoms with van der Waals surface area (Å²) in [6.45, 7) is 0.772. The zero-order valence-corrected chi connectivity index (χ0v) is 12.6. The Balaban J connectivity index is 1.92. The first-order valence-electron chi connectivity index (χ1n) is 7.81. The molecule has 0 bridgehead atoms. The SMILES string of the molecule is CN(C(c1ccccc1)c1ccco1)C1CCCC1CN. The fraction of sp³-hybridized carbons (Fsp3) is 0.444. The van der Waals surface area contributed by atoms with E-state index in [-0.39, 0.29) is 6.04 Å². The third kappa shape index (κ3) is 2.89. The molecule has 3 nitrogen and oxygen atoms in total. The van der Waals surface area contributed by atoms with Gasteiger partial charge in [-0.3, -0.25) is 4.90 Å². The van der Waals surface area contributed by atoms with Crippen LogP contribution in [0.25, 0.3) is 0 Å². The van der Waals surface area contributed by atoms with Crippen LogP contribution in [0.2, 0.25) is 0 Å². The highest BCUT2D eigenvalue weighted by Gasteiger charge is 2.34. The summed E-state index contributed by atoms with van der Waals surface area (Å²) in [7, 11) is 2.21. The minimum Gasteiger partial charge on any atom is -0.467 e. The molecule has 0 saturated heterocycles. The van der Waals surface area contributed by atoms with Crippen molar-refractivity contribution in [2.45, 2.75) is 31.3 Å². The molecule has 2 aromatic rings. The van der Waals surface area contributed by atoms with Gasteiger partial charge < -0.3 is 10.2 Å². The molecule has 112 valence electrons. The fourth-order valence-corrected chi connectivity index (χ4v) is 3.70. The van der Waals surface area contributed by atoms with Crippen molar-refractivity contribution in [3.8, 4) is 0 Å². The maximum atomic E-state index is 5.97. The van der Waals surface area contributed by atoms with Gasteiger partial charge in [-0.05, 0) is 50.0 Å². The van der Waals surface area contributed by atoms with Crippen LogP contribution in [0, 0.1) is 5.92 Å². The highest BCUT2D eigenvalue weighted by Crippen LogP contribution is 2.36. The first kappa shape index (κ1) is 14.4. The smallest absolute Gasteiger partial charge is 0.125 e. The summed E-state index contributed by atoms with van der Waals surface area (Å²) in [4.78, 5) is 2.46. The normalized spacial score (nSPS) is 23.6. The maximum absolute atomic E-state index is 5.97. The molecule has 0 radical (unpaired) electrons. The highest BCUT2D eigenvalue weighted by atomic mass is 16.3. The molecule has 1 aromatic carbocycles. The predicted molar refractivity (Wildman–Crippen MR) is 84.9 cm³/mol. The van der Waals surface area contributed by atoms with Crippen LogP contribution in [0.15, 0.2) is 53.1 Å². The van der Waals surface area contributed by atoms with Crippen LogP contribution in [0.1, 0.15) is 36.6 Å². The van der Waals surface area contributed by atoms with Crippen LogP contribution in [0.4, 0.5) is 0 Å². The molecule has 0 amide bonds. The lowest BCUT2D eigenvalue weighted by Crippen LogP contribution is -2.40. The average Bonchev–Trinajstić information content (AvgIpc) is 3.19. The van der Waals surface area contributed by atoms with E-state index in [0.29, 0.717) is 12.0 Å². The molecular weight excluding hydrogens is 260 g/mol. The number of nitrogens with zero attached hydrogens (tertiary/aromatic N) is 1. The van der Waals surface area contributed by atoms with Gasteiger partial charge in [0, 0.05) is 6.04 Å². The summed E-state index contributed by atoms with van der Waals surface area (Å²) >= 11 is 0. The lowest BCUT2D eigenvalue weighted by molar-refractivity contribution is 0.149. The second-order valence-corrected chi connectivity index (χ2v) is 5.99. The number of hydrogen-bond donors (Lipinski definition) is 1. The summed E-state index contributed by atoms with van der Waals surface area (Å²) in [6, 6.07) is 15.3. The number of nitrogens with two attached hydrogens (primary N) is 1. The Labute approximate surface area is 126 Å². The molecule has 3 rings (SSSR count). The van der Waals surface area contributed by atoms with Gasteiger partial charge in [0.2, 0.25) is 0 Å². The topological polar surface area (TPSA) is 42.4 Å². The van der Waals surface area contributed by atoms with E-state index in [1.807, 2.05) is 6.07 Å². The van der Waals surface area contributed by atoms with Gasteiger partial charge in [0.1, 0.15) is 5.76 Å². The van der Waals surface area contributed by atoms with Crippen molar-refractivity contribution in [3.63, 3.8) is 0 Å². The van der Waals surface area contributed by atoms with Crippen molar-refractivity contribution >= 4 is 0 Å². The third-order valence-corrected chi connectivity index (χ3v) is 4.78. The fourth-order valence-electron chi connectivity index (χ4n) is 3.70. The van der Waals surface area contributed by atoms with Crippen LogP contribution in [-0.2, 0) is 0 Å². The minimum absolute atomic E-state index is 0.165. The van der Waals surface area contributed by atoms with Crippen LogP contribution in [0.5, 0.6) is 0 Å². The summed E-state index contributed by atoms with van der Waals surface area (Å²) in [5, 5.41) is 0. The highest BCUT2D eigenvalue weighted by molar-refractivity contribution is 5.27. The lowest BCUT2D eigenvalue weighted by Gasteiger charge is -2.35. The van der Waals surface area contributed by atoms with Crippen LogP contribution in [-0.4, -0.2) is 24.5 Å². The summed E-state index contributed by atoms with van der Waals surface area (Å²) in [6.07, 6.45) is 5.50. The van der Waals surface area contributed by atoms with Gasteiger partial charge in [-0.1, -0.05) is 36.8 Å². The summed E-state index contributed by atoms with van der Waals surface area (Å²) in [5.74, 6) is 1.60. The molecule has 0 spiro atoms. The number of furan rings is 1. The first-order chi connectivity index (χ1) is 10.3.